The quantitative estimate of drug-likeness (QED) is 0.221. The lowest BCUT2D eigenvalue weighted by Gasteiger charge is -2.45. The van der Waals surface area contributed by atoms with Gasteiger partial charge < -0.3 is 55.1 Å². The van der Waals surface area contributed by atoms with Crippen molar-refractivity contribution >= 4 is 23.1 Å². The Kier molecular flexibility index (Phi) is 8.68. The second-order valence-corrected chi connectivity index (χ2v) is 5.53. The zero-order valence-corrected chi connectivity index (χ0v) is 14.1. The molecule has 0 aromatic heterocycles. The molecule has 2 rings (SSSR count). The Morgan fingerprint density at radius 2 is 1.25 bits per heavy atom. The first-order valence-electron chi connectivity index (χ1n) is 7.08. The van der Waals surface area contributed by atoms with Crippen LogP contribution in [0.15, 0.2) is 0 Å². The Hall–Kier alpha value is 0.326. The molecule has 8 N–H and O–H groups in total. The molecule has 11 nitrogen and oxygen atoms in total. The fourth-order valence-electron chi connectivity index (χ4n) is 2.57. The third-order valence-corrected chi connectivity index (χ3v) is 3.98. The predicted octanol–water partition coefficient (Wildman–Crippen LogP) is -5.78. The molecule has 2 saturated heterocycles. The van der Waals surface area contributed by atoms with Gasteiger partial charge in [0.15, 0.2) is 12.6 Å². The molecule has 2 aliphatic heterocycles. The second kappa shape index (κ2) is 9.32. The van der Waals surface area contributed by atoms with Crippen molar-refractivity contribution in [3.05, 3.63) is 0 Å². The Labute approximate surface area is 153 Å². The molecule has 1 unspecified atom stereocenters. The second-order valence-electron chi connectivity index (χ2n) is 5.53. The maximum absolute atomic E-state index is 9.94. The number of aliphatic hydroxyl groups is 8. The van der Waals surface area contributed by atoms with E-state index in [1.54, 1.807) is 0 Å². The summed E-state index contributed by atoms with van der Waals surface area (Å²) in [6.45, 7) is -1.35. The number of hydrogen-bond donors (Lipinski definition) is 8. The maximum atomic E-state index is 9.94. The van der Waals surface area contributed by atoms with Gasteiger partial charge in [-0.2, -0.15) is 0 Å². The molecular weight excluding hydrogens is 344 g/mol. The highest BCUT2D eigenvalue weighted by Crippen LogP contribution is 2.28. The van der Waals surface area contributed by atoms with Crippen molar-refractivity contribution < 1.29 is 55.1 Å². The molecule has 10 atom stereocenters. The van der Waals surface area contributed by atoms with Crippen LogP contribution in [-0.2, 0) is 14.2 Å². The molecular formula is C12H22MgO11. The average Bonchev–Trinajstić information content (AvgIpc) is 2.55. The Balaban J connectivity index is 0.00000288. The van der Waals surface area contributed by atoms with Gasteiger partial charge in [0, 0.05) is 23.1 Å². The van der Waals surface area contributed by atoms with E-state index in [-0.39, 0.29) is 23.1 Å². The van der Waals surface area contributed by atoms with E-state index < -0.39 is 74.6 Å². The van der Waals surface area contributed by atoms with Gasteiger partial charge in [0.05, 0.1) is 13.2 Å². The van der Waals surface area contributed by atoms with E-state index in [0.717, 1.165) is 0 Å². The topological polar surface area (TPSA) is 190 Å². The van der Waals surface area contributed by atoms with E-state index in [0.29, 0.717) is 0 Å². The van der Waals surface area contributed by atoms with E-state index in [4.69, 9.17) is 19.3 Å². The molecule has 2 heterocycles. The highest BCUT2D eigenvalue weighted by Gasteiger charge is 2.50. The number of aliphatic hydroxyl groups excluding tert-OH is 8. The molecule has 0 aliphatic carbocycles. The van der Waals surface area contributed by atoms with Crippen molar-refractivity contribution in [2.45, 2.75) is 61.4 Å². The summed E-state index contributed by atoms with van der Waals surface area (Å²) in [7, 11) is 0. The summed E-state index contributed by atoms with van der Waals surface area (Å²) in [5.41, 5.74) is 0. The van der Waals surface area contributed by atoms with Crippen molar-refractivity contribution in [1.29, 1.82) is 0 Å². The van der Waals surface area contributed by atoms with Crippen molar-refractivity contribution in [3.63, 3.8) is 0 Å². The van der Waals surface area contributed by atoms with Crippen LogP contribution in [0, 0.1) is 0 Å². The first-order valence-corrected chi connectivity index (χ1v) is 7.08. The van der Waals surface area contributed by atoms with Crippen LogP contribution in [0.5, 0.6) is 0 Å². The van der Waals surface area contributed by atoms with Crippen LogP contribution in [0.4, 0.5) is 0 Å². The van der Waals surface area contributed by atoms with Crippen LogP contribution in [0.2, 0.25) is 0 Å². The maximum Gasteiger partial charge on any atom is 0.187 e. The standard InChI is InChI=1S/C12H22O11.Mg/c13-1-3-5(15)6(16)9(19)12(22-3)23-10-4(2-14)21-11(20)8(18)7(10)17;/h3-20H,1-2H2;/t3-,4-,5+,6+,7-,8-,9-,10-,11?,12+;/m1./s1. The van der Waals surface area contributed by atoms with Gasteiger partial charge in [-0.25, -0.2) is 0 Å². The van der Waals surface area contributed by atoms with Crippen LogP contribution in [-0.4, -0.2) is 139 Å². The molecule has 2 aliphatic rings. The van der Waals surface area contributed by atoms with Crippen molar-refractivity contribution in [2.75, 3.05) is 13.2 Å². The largest absolute Gasteiger partial charge is 0.394 e. The number of rotatable bonds is 4. The fourth-order valence-corrected chi connectivity index (χ4v) is 2.57. The van der Waals surface area contributed by atoms with E-state index in [1.807, 2.05) is 0 Å². The molecule has 0 spiro atoms. The Bertz CT molecular complexity index is 384. The van der Waals surface area contributed by atoms with Crippen LogP contribution in [0.25, 0.3) is 0 Å². The summed E-state index contributed by atoms with van der Waals surface area (Å²) < 4.78 is 15.3. The van der Waals surface area contributed by atoms with Gasteiger partial charge in [0.2, 0.25) is 0 Å². The van der Waals surface area contributed by atoms with Crippen LogP contribution >= 0.6 is 0 Å². The summed E-state index contributed by atoms with van der Waals surface area (Å²) >= 11 is 0. The van der Waals surface area contributed by atoms with E-state index in [1.165, 1.54) is 0 Å². The van der Waals surface area contributed by atoms with Gasteiger partial charge in [-0.1, -0.05) is 0 Å². The Morgan fingerprint density at radius 3 is 1.79 bits per heavy atom. The van der Waals surface area contributed by atoms with E-state index >= 15 is 0 Å². The molecule has 0 bridgehead atoms. The first-order chi connectivity index (χ1) is 10.8. The summed E-state index contributed by atoms with van der Waals surface area (Å²) in [6.07, 6.45) is -15.6. The lowest BCUT2D eigenvalue weighted by atomic mass is 9.97. The van der Waals surface area contributed by atoms with Gasteiger partial charge in [-0.3, -0.25) is 0 Å². The van der Waals surface area contributed by atoms with E-state index in [9.17, 15) is 35.7 Å². The molecule has 138 valence electrons. The molecule has 0 saturated carbocycles. The first kappa shape index (κ1) is 22.4. The van der Waals surface area contributed by atoms with Crippen molar-refractivity contribution in [3.8, 4) is 0 Å². The lowest BCUT2D eigenvalue weighted by molar-refractivity contribution is -0.355. The van der Waals surface area contributed by atoms with Crippen molar-refractivity contribution in [2.24, 2.45) is 0 Å². The fraction of sp³-hybridized carbons (Fsp3) is 1.00. The molecule has 24 heavy (non-hydrogen) atoms. The minimum atomic E-state index is -1.74. The molecule has 12 heteroatoms. The summed E-state index contributed by atoms with van der Waals surface area (Å²) in [5, 5.41) is 76.5. The minimum absolute atomic E-state index is 0. The van der Waals surface area contributed by atoms with Crippen LogP contribution < -0.4 is 0 Å². The number of ether oxygens (including phenoxy) is 3. The third-order valence-electron chi connectivity index (χ3n) is 3.98. The lowest BCUT2D eigenvalue weighted by Crippen LogP contribution is -2.64. The van der Waals surface area contributed by atoms with Crippen LogP contribution in [0.1, 0.15) is 0 Å². The van der Waals surface area contributed by atoms with Gasteiger partial charge in [0.25, 0.3) is 0 Å². The highest BCUT2D eigenvalue weighted by molar-refractivity contribution is 5.75. The smallest absolute Gasteiger partial charge is 0.187 e. The third kappa shape index (κ3) is 4.35. The molecule has 2 fully saturated rings. The zero-order valence-electron chi connectivity index (χ0n) is 12.7. The normalized spacial score (nSPS) is 49.5. The summed E-state index contributed by atoms with van der Waals surface area (Å²) in [4.78, 5) is 0. The number of hydrogen-bond acceptors (Lipinski definition) is 11. The van der Waals surface area contributed by atoms with E-state index in [2.05, 4.69) is 0 Å². The van der Waals surface area contributed by atoms with Gasteiger partial charge >= 0.3 is 0 Å². The van der Waals surface area contributed by atoms with Gasteiger partial charge in [-0.15, -0.1) is 0 Å². The minimum Gasteiger partial charge on any atom is -0.394 e. The molecule has 0 aromatic carbocycles. The molecule has 0 amide bonds. The SMILES string of the molecule is OC[C@H]1O[C@@H](O[C@H]2[C@H](O)[C@@H](O)C(O)O[C@@H]2CO)[C@H](O)[C@@H](O)[C@H]1O.[Mg]. The highest BCUT2D eigenvalue weighted by atomic mass is 24.3. The summed E-state index contributed by atoms with van der Waals surface area (Å²) in [5.74, 6) is 0. The molecule has 0 aromatic rings. The Morgan fingerprint density at radius 1 is 0.667 bits per heavy atom. The zero-order chi connectivity index (χ0) is 17.3. The average molecular weight is 367 g/mol. The van der Waals surface area contributed by atoms with Crippen LogP contribution in [0.3, 0.4) is 0 Å². The monoisotopic (exact) mass is 366 g/mol. The predicted molar refractivity (Wildman–Crippen MR) is 74.4 cm³/mol. The molecule has 2 radical (unpaired) electrons. The van der Waals surface area contributed by atoms with Gasteiger partial charge in [0.1, 0.15) is 48.8 Å². The van der Waals surface area contributed by atoms with Gasteiger partial charge in [-0.05, 0) is 0 Å². The summed E-state index contributed by atoms with van der Waals surface area (Å²) in [6, 6.07) is 0. The van der Waals surface area contributed by atoms with Crippen molar-refractivity contribution in [1.82, 2.24) is 0 Å².